The number of amides is 1. The van der Waals surface area contributed by atoms with Gasteiger partial charge in [0.1, 0.15) is 0 Å². The zero-order valence-electron chi connectivity index (χ0n) is 9.46. The van der Waals surface area contributed by atoms with Gasteiger partial charge >= 0.3 is 0 Å². The van der Waals surface area contributed by atoms with E-state index >= 15 is 0 Å². The molecule has 80 valence electrons. The smallest absolute Gasteiger partial charge is 0.250 e. The van der Waals surface area contributed by atoms with Crippen molar-refractivity contribution in [3.63, 3.8) is 0 Å². The third-order valence-corrected chi connectivity index (χ3v) is 3.87. The van der Waals surface area contributed by atoms with Gasteiger partial charge in [-0.1, -0.05) is 13.8 Å². The van der Waals surface area contributed by atoms with Gasteiger partial charge in [-0.25, -0.2) is 0 Å². The summed E-state index contributed by atoms with van der Waals surface area (Å²) >= 11 is 1.85. The second-order valence-electron chi connectivity index (χ2n) is 3.61. The first-order valence-electron chi connectivity index (χ1n) is 5.23. The molecule has 0 radical (unpaired) electrons. The van der Waals surface area contributed by atoms with Crippen molar-refractivity contribution in [3.8, 4) is 0 Å². The van der Waals surface area contributed by atoms with Crippen molar-refractivity contribution in [2.24, 2.45) is 0 Å². The number of rotatable bonds is 4. The summed E-state index contributed by atoms with van der Waals surface area (Å²) in [5.41, 5.74) is 2.19. The van der Waals surface area contributed by atoms with Gasteiger partial charge in [0.25, 0.3) is 5.91 Å². The van der Waals surface area contributed by atoms with Crippen molar-refractivity contribution in [1.82, 2.24) is 4.90 Å². The molecule has 1 aliphatic rings. The molecule has 1 heterocycles. The number of carbonyl (C=O) groups is 1. The van der Waals surface area contributed by atoms with E-state index in [0.29, 0.717) is 5.37 Å². The second-order valence-corrected chi connectivity index (χ2v) is 4.97. The molecule has 0 N–H and O–H groups in total. The fraction of sp³-hybridized carbons (Fsp3) is 0.727. The van der Waals surface area contributed by atoms with Crippen LogP contribution in [-0.4, -0.2) is 28.5 Å². The van der Waals surface area contributed by atoms with Crippen molar-refractivity contribution in [1.29, 1.82) is 0 Å². The van der Waals surface area contributed by atoms with E-state index in [1.54, 1.807) is 0 Å². The SMILES string of the molecule is CCCN1C(=O)C(C)=C(C)[C@@H]1SCC. The van der Waals surface area contributed by atoms with Crippen LogP contribution < -0.4 is 0 Å². The third-order valence-electron chi connectivity index (χ3n) is 2.62. The molecular weight excluding hydrogens is 194 g/mol. The molecule has 0 aromatic heterocycles. The first kappa shape index (κ1) is 11.6. The summed E-state index contributed by atoms with van der Waals surface area (Å²) in [6, 6.07) is 0. The Balaban J connectivity index is 2.82. The molecule has 1 rings (SSSR count). The highest BCUT2D eigenvalue weighted by Gasteiger charge is 2.33. The van der Waals surface area contributed by atoms with E-state index in [2.05, 4.69) is 20.8 Å². The molecule has 14 heavy (non-hydrogen) atoms. The normalized spacial score (nSPS) is 22.4. The van der Waals surface area contributed by atoms with Crippen LogP contribution in [0.2, 0.25) is 0 Å². The van der Waals surface area contributed by atoms with E-state index < -0.39 is 0 Å². The van der Waals surface area contributed by atoms with Crippen molar-refractivity contribution in [3.05, 3.63) is 11.1 Å². The first-order chi connectivity index (χ1) is 6.63. The van der Waals surface area contributed by atoms with Crippen molar-refractivity contribution >= 4 is 17.7 Å². The average Bonchev–Trinajstić information content (AvgIpc) is 2.36. The summed E-state index contributed by atoms with van der Waals surface area (Å²) in [6.07, 6.45) is 1.03. The van der Waals surface area contributed by atoms with Crippen LogP contribution in [0.15, 0.2) is 11.1 Å². The van der Waals surface area contributed by atoms with E-state index in [1.165, 1.54) is 5.57 Å². The highest BCUT2D eigenvalue weighted by molar-refractivity contribution is 8.00. The molecule has 0 aromatic rings. The quantitative estimate of drug-likeness (QED) is 0.715. The fourth-order valence-electron chi connectivity index (χ4n) is 1.74. The molecule has 0 bridgehead atoms. The Bertz CT molecular complexity index is 260. The molecule has 0 unspecified atom stereocenters. The van der Waals surface area contributed by atoms with E-state index in [1.807, 2.05) is 23.6 Å². The van der Waals surface area contributed by atoms with Crippen LogP contribution in [0.25, 0.3) is 0 Å². The monoisotopic (exact) mass is 213 g/mol. The number of hydrogen-bond acceptors (Lipinski definition) is 2. The standard InChI is InChI=1S/C11H19NOS/c1-5-7-12-10(13)8(3)9(4)11(12)14-6-2/h11H,5-7H2,1-4H3/t11-/m0/s1. The van der Waals surface area contributed by atoms with Gasteiger partial charge in [-0.3, -0.25) is 4.79 Å². The van der Waals surface area contributed by atoms with Crippen LogP contribution >= 0.6 is 11.8 Å². The third kappa shape index (κ3) is 1.97. The maximum Gasteiger partial charge on any atom is 0.250 e. The van der Waals surface area contributed by atoms with Crippen molar-refractivity contribution in [2.75, 3.05) is 12.3 Å². The average molecular weight is 213 g/mol. The first-order valence-corrected chi connectivity index (χ1v) is 6.28. The molecule has 0 saturated carbocycles. The molecule has 0 saturated heterocycles. The lowest BCUT2D eigenvalue weighted by atomic mass is 10.2. The maximum atomic E-state index is 11.8. The maximum absolute atomic E-state index is 11.8. The predicted octanol–water partition coefficient (Wildman–Crippen LogP) is 2.65. The molecule has 0 fully saturated rings. The Labute approximate surface area is 90.7 Å². The van der Waals surface area contributed by atoms with Gasteiger partial charge in [0.05, 0.1) is 5.37 Å². The lowest BCUT2D eigenvalue weighted by molar-refractivity contribution is -0.125. The Kier molecular flexibility index (Phi) is 4.05. The predicted molar refractivity (Wildman–Crippen MR) is 62.3 cm³/mol. The lowest BCUT2D eigenvalue weighted by Gasteiger charge is -2.25. The molecule has 1 aliphatic heterocycles. The molecule has 2 nitrogen and oxygen atoms in total. The highest BCUT2D eigenvalue weighted by atomic mass is 32.2. The van der Waals surface area contributed by atoms with Crippen LogP contribution in [0, 0.1) is 0 Å². The van der Waals surface area contributed by atoms with E-state index in [-0.39, 0.29) is 5.91 Å². The minimum atomic E-state index is 0.232. The summed E-state index contributed by atoms with van der Waals surface area (Å²) < 4.78 is 0. The summed E-state index contributed by atoms with van der Waals surface area (Å²) in [6.45, 7) is 9.15. The van der Waals surface area contributed by atoms with Gasteiger partial charge < -0.3 is 4.90 Å². The Morgan fingerprint density at radius 3 is 2.50 bits per heavy atom. The molecule has 1 atom stereocenters. The van der Waals surface area contributed by atoms with Gasteiger partial charge in [0, 0.05) is 12.1 Å². The summed E-state index contributed by atoms with van der Waals surface area (Å²) in [7, 11) is 0. The minimum absolute atomic E-state index is 0.232. The zero-order valence-corrected chi connectivity index (χ0v) is 10.3. The summed E-state index contributed by atoms with van der Waals surface area (Å²) in [4.78, 5) is 13.8. The van der Waals surface area contributed by atoms with Gasteiger partial charge in [-0.05, 0) is 31.6 Å². The second kappa shape index (κ2) is 4.87. The molecule has 3 heteroatoms. The lowest BCUT2D eigenvalue weighted by Crippen LogP contribution is -2.34. The van der Waals surface area contributed by atoms with Crippen molar-refractivity contribution in [2.45, 2.75) is 39.5 Å². The zero-order chi connectivity index (χ0) is 10.7. The largest absolute Gasteiger partial charge is 0.323 e. The van der Waals surface area contributed by atoms with Gasteiger partial charge in [-0.2, -0.15) is 0 Å². The van der Waals surface area contributed by atoms with Gasteiger partial charge in [0.2, 0.25) is 0 Å². The van der Waals surface area contributed by atoms with Crippen LogP contribution in [0.5, 0.6) is 0 Å². The molecule has 1 amide bonds. The van der Waals surface area contributed by atoms with Crippen LogP contribution in [0.4, 0.5) is 0 Å². The van der Waals surface area contributed by atoms with E-state index in [4.69, 9.17) is 0 Å². The Hall–Kier alpha value is -0.440. The van der Waals surface area contributed by atoms with E-state index in [9.17, 15) is 4.79 Å². The molecular formula is C11H19NOS. The number of carbonyl (C=O) groups excluding carboxylic acids is 1. The number of thioether (sulfide) groups is 1. The molecule has 0 aromatic carbocycles. The van der Waals surface area contributed by atoms with Crippen LogP contribution in [-0.2, 0) is 4.79 Å². The number of hydrogen-bond donors (Lipinski definition) is 0. The Morgan fingerprint density at radius 1 is 1.36 bits per heavy atom. The van der Waals surface area contributed by atoms with E-state index in [0.717, 1.165) is 24.3 Å². The van der Waals surface area contributed by atoms with Gasteiger partial charge in [-0.15, -0.1) is 11.8 Å². The van der Waals surface area contributed by atoms with Crippen molar-refractivity contribution < 1.29 is 4.79 Å². The molecule has 0 spiro atoms. The topological polar surface area (TPSA) is 20.3 Å². The summed E-state index contributed by atoms with van der Waals surface area (Å²) in [5.74, 6) is 1.29. The number of nitrogens with zero attached hydrogens (tertiary/aromatic N) is 1. The molecule has 0 aliphatic carbocycles. The highest BCUT2D eigenvalue weighted by Crippen LogP contribution is 2.32. The Morgan fingerprint density at radius 2 is 2.00 bits per heavy atom. The fourth-order valence-corrected chi connectivity index (χ4v) is 2.87. The van der Waals surface area contributed by atoms with Gasteiger partial charge in [0.15, 0.2) is 0 Å². The van der Waals surface area contributed by atoms with Crippen LogP contribution in [0.1, 0.15) is 34.1 Å². The summed E-state index contributed by atoms with van der Waals surface area (Å²) in [5, 5.41) is 0.299. The van der Waals surface area contributed by atoms with Crippen LogP contribution in [0.3, 0.4) is 0 Å². The minimum Gasteiger partial charge on any atom is -0.323 e.